The molecule has 1 aromatic rings. The van der Waals surface area contributed by atoms with E-state index in [-0.39, 0.29) is 5.97 Å². The smallest absolute Gasteiger partial charge is 0.305 e. The lowest BCUT2D eigenvalue weighted by atomic mass is 9.76. The van der Waals surface area contributed by atoms with E-state index < -0.39 is 0 Å². The minimum absolute atomic E-state index is 0.132. The van der Waals surface area contributed by atoms with Gasteiger partial charge in [-0.15, -0.1) is 0 Å². The summed E-state index contributed by atoms with van der Waals surface area (Å²) in [7, 11) is 1.43. The molecule has 0 spiro atoms. The molecule has 19 heavy (non-hydrogen) atoms. The largest absolute Gasteiger partial charge is 0.469 e. The van der Waals surface area contributed by atoms with Crippen molar-refractivity contribution in [3.8, 4) is 0 Å². The van der Waals surface area contributed by atoms with Crippen LogP contribution in [0.3, 0.4) is 0 Å². The fraction of sp³-hybridized carbons (Fsp3) is 0.533. The number of methoxy groups -OCH3 is 1. The number of ether oxygens (including phenoxy) is 1. The number of carbonyl (C=O) groups is 1. The number of halogens is 1. The fourth-order valence-corrected chi connectivity index (χ4v) is 2.66. The van der Waals surface area contributed by atoms with Gasteiger partial charge in [0.05, 0.1) is 7.11 Å². The van der Waals surface area contributed by atoms with Crippen molar-refractivity contribution in [3.05, 3.63) is 34.9 Å². The molecule has 1 fully saturated rings. The highest BCUT2D eigenvalue weighted by molar-refractivity contribution is 6.30. The Balaban J connectivity index is 1.63. The Morgan fingerprint density at radius 1 is 1.47 bits per heavy atom. The average molecular weight is 282 g/mol. The maximum atomic E-state index is 10.9. The maximum absolute atomic E-state index is 10.9. The molecule has 0 heterocycles. The third-order valence-corrected chi connectivity index (χ3v) is 3.91. The Morgan fingerprint density at radius 3 is 2.95 bits per heavy atom. The van der Waals surface area contributed by atoms with Crippen LogP contribution in [0.15, 0.2) is 24.3 Å². The second kappa shape index (κ2) is 6.92. The molecule has 3 nitrogen and oxygen atoms in total. The summed E-state index contributed by atoms with van der Waals surface area (Å²) in [5, 5.41) is 4.28. The highest BCUT2D eigenvalue weighted by atomic mass is 35.5. The molecule has 1 saturated carbocycles. The summed E-state index contributed by atoms with van der Waals surface area (Å²) in [6.45, 7) is 0.877. The van der Waals surface area contributed by atoms with Crippen LogP contribution in [0, 0.1) is 0 Å². The molecular formula is C15H20ClNO2. The van der Waals surface area contributed by atoms with Crippen molar-refractivity contribution in [3.63, 3.8) is 0 Å². The van der Waals surface area contributed by atoms with Crippen molar-refractivity contribution in [2.24, 2.45) is 0 Å². The molecule has 1 aliphatic carbocycles. The van der Waals surface area contributed by atoms with E-state index in [4.69, 9.17) is 11.6 Å². The highest BCUT2D eigenvalue weighted by Gasteiger charge is 2.29. The fourth-order valence-electron chi connectivity index (χ4n) is 2.46. The van der Waals surface area contributed by atoms with Crippen molar-refractivity contribution in [1.82, 2.24) is 5.32 Å². The van der Waals surface area contributed by atoms with Crippen LogP contribution < -0.4 is 5.32 Å². The van der Waals surface area contributed by atoms with Crippen LogP contribution in [-0.4, -0.2) is 25.7 Å². The Labute approximate surface area is 119 Å². The molecule has 0 bridgehead atoms. The first-order chi connectivity index (χ1) is 9.19. The Kier molecular flexibility index (Phi) is 5.23. The van der Waals surface area contributed by atoms with Crippen molar-refractivity contribution in [2.45, 2.75) is 37.6 Å². The molecule has 1 aliphatic rings. The number of hydrogen-bond acceptors (Lipinski definition) is 3. The molecule has 1 aromatic carbocycles. The lowest BCUT2D eigenvalue weighted by Gasteiger charge is -2.36. The maximum Gasteiger partial charge on any atom is 0.305 e. The van der Waals surface area contributed by atoms with Crippen LogP contribution in [0.5, 0.6) is 0 Å². The van der Waals surface area contributed by atoms with Gasteiger partial charge in [-0.1, -0.05) is 23.7 Å². The molecule has 1 N–H and O–H groups in total. The van der Waals surface area contributed by atoms with E-state index in [0.29, 0.717) is 18.4 Å². The topological polar surface area (TPSA) is 38.3 Å². The number of carbonyl (C=O) groups excluding carboxylic acids is 1. The number of benzene rings is 1. The summed E-state index contributed by atoms with van der Waals surface area (Å²) in [6, 6.07) is 8.69. The highest BCUT2D eigenvalue weighted by Crippen LogP contribution is 2.37. The van der Waals surface area contributed by atoms with Crippen LogP contribution in [0.4, 0.5) is 0 Å². The van der Waals surface area contributed by atoms with Gasteiger partial charge >= 0.3 is 5.97 Å². The second-order valence-electron chi connectivity index (χ2n) is 5.05. The number of rotatable bonds is 6. The van der Waals surface area contributed by atoms with Gasteiger partial charge in [0.25, 0.3) is 0 Å². The van der Waals surface area contributed by atoms with Gasteiger partial charge in [0, 0.05) is 17.5 Å². The molecule has 0 radical (unpaired) electrons. The standard InChI is InChI=1S/C15H20ClNO2/c1-19-15(18)6-3-7-17-14-9-12(10-14)11-4-2-5-13(16)8-11/h2,4-5,8,12,14,17H,3,6-7,9-10H2,1H3. The van der Waals surface area contributed by atoms with Gasteiger partial charge in [-0.3, -0.25) is 4.79 Å². The van der Waals surface area contributed by atoms with Crippen molar-refractivity contribution in [1.29, 1.82) is 0 Å². The van der Waals surface area contributed by atoms with Crippen LogP contribution in [0.25, 0.3) is 0 Å². The zero-order valence-corrected chi connectivity index (χ0v) is 12.0. The molecular weight excluding hydrogens is 262 g/mol. The zero-order valence-electron chi connectivity index (χ0n) is 11.2. The van der Waals surface area contributed by atoms with Gasteiger partial charge in [0.1, 0.15) is 0 Å². The monoisotopic (exact) mass is 281 g/mol. The molecule has 104 valence electrons. The lowest BCUT2D eigenvalue weighted by molar-refractivity contribution is -0.140. The number of esters is 1. The summed E-state index contributed by atoms with van der Waals surface area (Å²) >= 11 is 5.99. The second-order valence-corrected chi connectivity index (χ2v) is 5.49. The number of nitrogens with one attached hydrogen (secondary N) is 1. The molecule has 4 heteroatoms. The van der Waals surface area contributed by atoms with Crippen molar-refractivity contribution < 1.29 is 9.53 Å². The first kappa shape index (κ1) is 14.4. The molecule has 0 aliphatic heterocycles. The summed E-state index contributed by atoms with van der Waals surface area (Å²) < 4.78 is 4.60. The van der Waals surface area contributed by atoms with E-state index in [1.165, 1.54) is 12.7 Å². The summed E-state index contributed by atoms with van der Waals surface area (Å²) in [4.78, 5) is 10.9. The quantitative estimate of drug-likeness (QED) is 0.643. The normalized spacial score (nSPS) is 21.8. The van der Waals surface area contributed by atoms with E-state index in [1.54, 1.807) is 0 Å². The summed E-state index contributed by atoms with van der Waals surface area (Å²) in [6.07, 6.45) is 3.63. The van der Waals surface area contributed by atoms with Gasteiger partial charge in [-0.2, -0.15) is 0 Å². The predicted molar refractivity (Wildman–Crippen MR) is 76.5 cm³/mol. The Morgan fingerprint density at radius 2 is 2.26 bits per heavy atom. The van der Waals surface area contributed by atoms with Gasteiger partial charge in [-0.05, 0) is 49.4 Å². The average Bonchev–Trinajstić information content (AvgIpc) is 2.35. The predicted octanol–water partition coefficient (Wildman–Crippen LogP) is 3.13. The first-order valence-corrected chi connectivity index (χ1v) is 7.12. The van der Waals surface area contributed by atoms with Gasteiger partial charge in [-0.25, -0.2) is 0 Å². The van der Waals surface area contributed by atoms with Crippen molar-refractivity contribution >= 4 is 17.6 Å². The minimum atomic E-state index is -0.132. The first-order valence-electron chi connectivity index (χ1n) is 6.74. The molecule has 0 aromatic heterocycles. The van der Waals surface area contributed by atoms with Crippen molar-refractivity contribution in [2.75, 3.05) is 13.7 Å². The Hall–Kier alpha value is -1.06. The van der Waals surface area contributed by atoms with E-state index in [9.17, 15) is 4.79 Å². The minimum Gasteiger partial charge on any atom is -0.469 e. The van der Waals surface area contributed by atoms with Gasteiger partial charge in [0.15, 0.2) is 0 Å². The summed E-state index contributed by atoms with van der Waals surface area (Å²) in [5.74, 6) is 0.490. The Bertz CT molecular complexity index is 430. The number of hydrogen-bond donors (Lipinski definition) is 1. The van der Waals surface area contributed by atoms with E-state index >= 15 is 0 Å². The third kappa shape index (κ3) is 4.22. The molecule has 0 amide bonds. The molecule has 2 rings (SSSR count). The van der Waals surface area contributed by atoms with E-state index in [0.717, 1.165) is 30.8 Å². The molecule has 0 unspecified atom stereocenters. The van der Waals surface area contributed by atoms with Crippen LogP contribution in [0.1, 0.15) is 37.2 Å². The zero-order chi connectivity index (χ0) is 13.7. The van der Waals surface area contributed by atoms with Gasteiger partial charge < -0.3 is 10.1 Å². The third-order valence-electron chi connectivity index (χ3n) is 3.68. The molecule has 0 saturated heterocycles. The lowest BCUT2D eigenvalue weighted by Crippen LogP contribution is -2.40. The van der Waals surface area contributed by atoms with Crippen LogP contribution >= 0.6 is 11.6 Å². The van der Waals surface area contributed by atoms with E-state index in [1.807, 2.05) is 12.1 Å². The summed E-state index contributed by atoms with van der Waals surface area (Å²) in [5.41, 5.74) is 1.33. The van der Waals surface area contributed by atoms with Crippen LogP contribution in [-0.2, 0) is 9.53 Å². The molecule has 0 atom stereocenters. The van der Waals surface area contributed by atoms with Gasteiger partial charge in [0.2, 0.25) is 0 Å². The SMILES string of the molecule is COC(=O)CCCNC1CC(c2cccc(Cl)c2)C1. The van der Waals surface area contributed by atoms with E-state index in [2.05, 4.69) is 22.2 Å². The van der Waals surface area contributed by atoms with Crippen LogP contribution in [0.2, 0.25) is 5.02 Å².